The first-order chi connectivity index (χ1) is 4.09. The zero-order valence-corrected chi connectivity index (χ0v) is 5.98. The van der Waals surface area contributed by atoms with E-state index in [-0.39, 0.29) is 11.0 Å². The molecule has 0 saturated carbocycles. The maximum atomic E-state index is 8.37. The number of rotatable bonds is 2. The molecule has 9 heavy (non-hydrogen) atoms. The molecule has 0 radical (unpaired) electrons. The summed E-state index contributed by atoms with van der Waals surface area (Å²) in [6.45, 7) is 1.70. The molecule has 0 amide bonds. The Balaban J connectivity index is 4.04. The van der Waals surface area contributed by atoms with E-state index in [9.17, 15) is 0 Å². The first-order valence-corrected chi connectivity index (χ1v) is 2.95. The highest BCUT2D eigenvalue weighted by atomic mass is 32.1. The molecule has 0 heterocycles. The molecule has 4 heteroatoms. The van der Waals surface area contributed by atoms with Crippen LogP contribution in [0.3, 0.4) is 0 Å². The largest absolute Gasteiger partial charge is 0.392 e. The molecule has 0 bridgehead atoms. The van der Waals surface area contributed by atoms with Gasteiger partial charge in [0.15, 0.2) is 0 Å². The Kier molecular flexibility index (Phi) is 3.13. The second kappa shape index (κ2) is 3.38. The average molecular weight is 143 g/mol. The molecule has 0 spiro atoms. The molecule has 4 N–H and O–H groups in total. The predicted octanol–water partition coefficient (Wildman–Crippen LogP) is -0.241. The van der Waals surface area contributed by atoms with Gasteiger partial charge in [0.1, 0.15) is 5.92 Å². The molecule has 0 aromatic heterocycles. The van der Waals surface area contributed by atoms with Gasteiger partial charge in [0, 0.05) is 6.04 Å². The normalized spacial score (nSPS) is 15.7. The molecular weight excluding hydrogens is 134 g/mol. The van der Waals surface area contributed by atoms with Gasteiger partial charge in [0.25, 0.3) is 0 Å². The van der Waals surface area contributed by atoms with Crippen LogP contribution in [0.2, 0.25) is 0 Å². The van der Waals surface area contributed by atoms with Crippen molar-refractivity contribution in [2.45, 2.75) is 13.0 Å². The van der Waals surface area contributed by atoms with Crippen molar-refractivity contribution in [3.05, 3.63) is 0 Å². The lowest BCUT2D eigenvalue weighted by Gasteiger charge is -2.09. The van der Waals surface area contributed by atoms with Crippen molar-refractivity contribution in [2.75, 3.05) is 0 Å². The standard InChI is InChI=1S/C5H9N3S/c1-3(7)4(2-6)5(8)9/h3-4H,7H2,1H3,(H2,8,9)/t3-,4-/m0/s1. The van der Waals surface area contributed by atoms with Crippen molar-refractivity contribution < 1.29 is 0 Å². The van der Waals surface area contributed by atoms with Crippen molar-refractivity contribution in [2.24, 2.45) is 17.4 Å². The highest BCUT2D eigenvalue weighted by molar-refractivity contribution is 7.80. The van der Waals surface area contributed by atoms with Gasteiger partial charge >= 0.3 is 0 Å². The van der Waals surface area contributed by atoms with Crippen molar-refractivity contribution in [3.8, 4) is 6.07 Å². The molecule has 3 nitrogen and oxygen atoms in total. The minimum Gasteiger partial charge on any atom is -0.392 e. The minimum absolute atomic E-state index is 0.174. The first kappa shape index (κ1) is 8.34. The molecule has 50 valence electrons. The fourth-order valence-electron chi connectivity index (χ4n) is 0.440. The van der Waals surface area contributed by atoms with Crippen LogP contribution in [-0.2, 0) is 0 Å². The van der Waals surface area contributed by atoms with E-state index < -0.39 is 5.92 Å². The van der Waals surface area contributed by atoms with Gasteiger partial charge in [-0.3, -0.25) is 0 Å². The molecule has 0 aliphatic heterocycles. The van der Waals surface area contributed by atoms with Gasteiger partial charge in [-0.1, -0.05) is 12.2 Å². The average Bonchev–Trinajstić information content (AvgIpc) is 1.64. The Morgan fingerprint density at radius 1 is 1.78 bits per heavy atom. The van der Waals surface area contributed by atoms with E-state index in [4.69, 9.17) is 16.7 Å². The third-order valence-corrected chi connectivity index (χ3v) is 1.23. The van der Waals surface area contributed by atoms with Gasteiger partial charge in [-0.15, -0.1) is 0 Å². The van der Waals surface area contributed by atoms with Crippen LogP contribution in [0.25, 0.3) is 0 Å². The van der Waals surface area contributed by atoms with Crippen molar-refractivity contribution >= 4 is 17.2 Å². The summed E-state index contributed by atoms with van der Waals surface area (Å²) in [7, 11) is 0. The Labute approximate surface area is 59.6 Å². The smallest absolute Gasteiger partial charge is 0.111 e. The molecule has 0 fully saturated rings. The van der Waals surface area contributed by atoms with Crippen LogP contribution in [0.15, 0.2) is 0 Å². The lowest BCUT2D eigenvalue weighted by atomic mass is 10.1. The van der Waals surface area contributed by atoms with Gasteiger partial charge < -0.3 is 11.5 Å². The predicted molar refractivity (Wildman–Crippen MR) is 39.5 cm³/mol. The lowest BCUT2D eigenvalue weighted by Crippen LogP contribution is -2.34. The summed E-state index contributed by atoms with van der Waals surface area (Å²) >= 11 is 4.57. The number of nitriles is 1. The van der Waals surface area contributed by atoms with E-state index in [0.717, 1.165) is 0 Å². The van der Waals surface area contributed by atoms with Crippen LogP contribution in [0.4, 0.5) is 0 Å². The minimum atomic E-state index is -0.486. The zero-order valence-electron chi connectivity index (χ0n) is 5.16. The zero-order chi connectivity index (χ0) is 7.44. The molecule has 0 aliphatic carbocycles. The molecule has 0 aliphatic rings. The maximum absolute atomic E-state index is 8.37. The van der Waals surface area contributed by atoms with Crippen LogP contribution in [0, 0.1) is 17.2 Å². The third-order valence-electron chi connectivity index (χ3n) is 0.971. The van der Waals surface area contributed by atoms with Crippen LogP contribution >= 0.6 is 12.2 Å². The van der Waals surface area contributed by atoms with E-state index in [1.54, 1.807) is 6.92 Å². The van der Waals surface area contributed by atoms with Crippen LogP contribution in [0.1, 0.15) is 6.92 Å². The number of hydrogen-bond donors (Lipinski definition) is 2. The highest BCUT2D eigenvalue weighted by Crippen LogP contribution is 1.98. The molecule has 0 unspecified atom stereocenters. The molecular formula is C5H9N3S. The fraction of sp³-hybridized carbons (Fsp3) is 0.600. The van der Waals surface area contributed by atoms with Crippen molar-refractivity contribution in [3.63, 3.8) is 0 Å². The first-order valence-electron chi connectivity index (χ1n) is 2.54. The van der Waals surface area contributed by atoms with Crippen LogP contribution < -0.4 is 11.5 Å². The summed E-state index contributed by atoms with van der Waals surface area (Å²) in [5, 5.41) is 8.37. The molecule has 0 saturated heterocycles. The Bertz CT molecular complexity index is 147. The van der Waals surface area contributed by atoms with E-state index in [1.165, 1.54) is 0 Å². The van der Waals surface area contributed by atoms with Crippen molar-refractivity contribution in [1.82, 2.24) is 0 Å². The number of thiocarbonyl (C=S) groups is 1. The van der Waals surface area contributed by atoms with Crippen LogP contribution in [0.5, 0.6) is 0 Å². The van der Waals surface area contributed by atoms with Gasteiger partial charge in [0.05, 0.1) is 11.1 Å². The maximum Gasteiger partial charge on any atom is 0.111 e. The fourth-order valence-corrected chi connectivity index (χ4v) is 0.708. The van der Waals surface area contributed by atoms with E-state index in [0.29, 0.717) is 0 Å². The summed E-state index contributed by atoms with van der Waals surface area (Å²) in [6, 6.07) is 1.64. The second-order valence-corrected chi connectivity index (χ2v) is 2.34. The Morgan fingerprint density at radius 2 is 2.22 bits per heavy atom. The summed E-state index contributed by atoms with van der Waals surface area (Å²) in [6.07, 6.45) is 0. The van der Waals surface area contributed by atoms with Crippen LogP contribution in [-0.4, -0.2) is 11.0 Å². The van der Waals surface area contributed by atoms with Gasteiger partial charge in [-0.25, -0.2) is 0 Å². The molecule has 0 aromatic rings. The van der Waals surface area contributed by atoms with E-state index in [2.05, 4.69) is 12.2 Å². The van der Waals surface area contributed by atoms with Gasteiger partial charge in [-0.2, -0.15) is 5.26 Å². The van der Waals surface area contributed by atoms with Gasteiger partial charge in [0.2, 0.25) is 0 Å². The molecule has 0 rings (SSSR count). The lowest BCUT2D eigenvalue weighted by molar-refractivity contribution is 0.676. The van der Waals surface area contributed by atoms with Crippen molar-refractivity contribution in [1.29, 1.82) is 5.26 Å². The molecule has 0 aromatic carbocycles. The topological polar surface area (TPSA) is 75.8 Å². The number of nitrogens with zero attached hydrogens (tertiary/aromatic N) is 1. The Morgan fingerprint density at radius 3 is 2.22 bits per heavy atom. The summed E-state index contributed by atoms with van der Waals surface area (Å²) < 4.78 is 0. The highest BCUT2D eigenvalue weighted by Gasteiger charge is 2.14. The third kappa shape index (κ3) is 2.40. The molecule has 2 atom stereocenters. The SMILES string of the molecule is C[C@H](N)[C@H](C#N)C(N)=S. The Hall–Kier alpha value is -0.660. The summed E-state index contributed by atoms with van der Waals surface area (Å²) in [5.41, 5.74) is 10.5. The summed E-state index contributed by atoms with van der Waals surface area (Å²) in [5.74, 6) is -0.486. The summed E-state index contributed by atoms with van der Waals surface area (Å²) in [4.78, 5) is 0.174. The monoisotopic (exact) mass is 143 g/mol. The second-order valence-electron chi connectivity index (χ2n) is 1.87. The quantitative estimate of drug-likeness (QED) is 0.523. The van der Waals surface area contributed by atoms with Gasteiger partial charge in [-0.05, 0) is 6.92 Å². The number of hydrogen-bond acceptors (Lipinski definition) is 3. The van der Waals surface area contributed by atoms with E-state index in [1.807, 2.05) is 6.07 Å². The van der Waals surface area contributed by atoms with E-state index >= 15 is 0 Å². The number of nitrogens with two attached hydrogens (primary N) is 2.